The summed E-state index contributed by atoms with van der Waals surface area (Å²) in [5.74, 6) is 0.202. The molecule has 0 unspecified atom stereocenters. The fraction of sp³-hybridized carbons (Fsp3) is 0.429. The number of esters is 1. The lowest BCUT2D eigenvalue weighted by atomic mass is 10.2. The van der Waals surface area contributed by atoms with Gasteiger partial charge in [0.15, 0.2) is 6.10 Å². The second-order valence-electron chi connectivity index (χ2n) is 5.00. The number of thiophene rings is 1. The van der Waals surface area contributed by atoms with E-state index in [-0.39, 0.29) is 5.56 Å². The van der Waals surface area contributed by atoms with Crippen LogP contribution >= 0.6 is 11.3 Å². The molecule has 0 aliphatic carbocycles. The normalized spacial score (nSPS) is 14.7. The van der Waals surface area contributed by atoms with Crippen LogP contribution in [0.4, 0.5) is 0 Å². The molecule has 1 atom stereocenters. The summed E-state index contributed by atoms with van der Waals surface area (Å²) in [7, 11) is 0. The Labute approximate surface area is 124 Å². The second kappa shape index (κ2) is 4.97. The molecule has 21 heavy (non-hydrogen) atoms. The summed E-state index contributed by atoms with van der Waals surface area (Å²) in [6, 6.07) is 1.85. The molecule has 2 aromatic rings. The Balaban J connectivity index is 2.13. The topological polar surface area (TPSA) is 85.0 Å². The highest BCUT2D eigenvalue weighted by Crippen LogP contribution is 2.29. The SMILES string of the molecule is Cc1c(C(=O)O[C@H](C)C#N)sc2nc3n(c(=O)c12)CCC3. The molecule has 0 radical (unpaired) electrons. The van der Waals surface area contributed by atoms with Crippen molar-refractivity contribution in [2.75, 3.05) is 0 Å². The van der Waals surface area contributed by atoms with Crippen molar-refractivity contribution in [1.82, 2.24) is 9.55 Å². The van der Waals surface area contributed by atoms with Crippen LogP contribution < -0.4 is 5.56 Å². The third-order valence-corrected chi connectivity index (χ3v) is 4.73. The minimum absolute atomic E-state index is 0.0892. The van der Waals surface area contributed by atoms with Crippen LogP contribution in [0, 0.1) is 18.3 Å². The van der Waals surface area contributed by atoms with Gasteiger partial charge in [-0.05, 0) is 25.8 Å². The Hall–Kier alpha value is -2.20. The molecule has 0 saturated carbocycles. The van der Waals surface area contributed by atoms with E-state index in [0.29, 0.717) is 27.2 Å². The summed E-state index contributed by atoms with van der Waals surface area (Å²) in [5, 5.41) is 9.19. The lowest BCUT2D eigenvalue weighted by Crippen LogP contribution is -2.20. The number of carbonyl (C=O) groups excluding carboxylic acids is 1. The molecule has 3 heterocycles. The van der Waals surface area contributed by atoms with Crippen LogP contribution in [0.15, 0.2) is 4.79 Å². The van der Waals surface area contributed by atoms with Crippen molar-refractivity contribution < 1.29 is 9.53 Å². The zero-order chi connectivity index (χ0) is 15.1. The number of hydrogen-bond donors (Lipinski definition) is 0. The fourth-order valence-corrected chi connectivity index (χ4v) is 3.58. The van der Waals surface area contributed by atoms with Gasteiger partial charge < -0.3 is 4.74 Å². The average Bonchev–Trinajstić information content (AvgIpc) is 3.04. The van der Waals surface area contributed by atoms with Gasteiger partial charge in [0.1, 0.15) is 21.6 Å². The fourth-order valence-electron chi connectivity index (χ4n) is 2.51. The molecule has 0 N–H and O–H groups in total. The van der Waals surface area contributed by atoms with E-state index in [0.717, 1.165) is 30.0 Å². The van der Waals surface area contributed by atoms with Crippen molar-refractivity contribution >= 4 is 27.5 Å². The molecule has 0 amide bonds. The summed E-state index contributed by atoms with van der Waals surface area (Å²) in [5.41, 5.74) is 0.499. The number of ether oxygens (including phenoxy) is 1. The van der Waals surface area contributed by atoms with Gasteiger partial charge in [-0.15, -0.1) is 11.3 Å². The van der Waals surface area contributed by atoms with Gasteiger partial charge in [-0.1, -0.05) is 0 Å². The quantitative estimate of drug-likeness (QED) is 0.789. The maximum atomic E-state index is 12.5. The van der Waals surface area contributed by atoms with Crippen LogP contribution in [0.2, 0.25) is 0 Å². The van der Waals surface area contributed by atoms with Crippen molar-refractivity contribution in [3.63, 3.8) is 0 Å². The summed E-state index contributed by atoms with van der Waals surface area (Å²) < 4.78 is 6.69. The Morgan fingerprint density at radius 2 is 2.33 bits per heavy atom. The first-order valence-corrected chi connectivity index (χ1v) is 7.48. The van der Waals surface area contributed by atoms with E-state index in [4.69, 9.17) is 10.00 Å². The molecule has 1 aliphatic rings. The van der Waals surface area contributed by atoms with Gasteiger partial charge in [-0.25, -0.2) is 9.78 Å². The van der Waals surface area contributed by atoms with Gasteiger partial charge in [0.05, 0.1) is 5.39 Å². The molecule has 108 valence electrons. The smallest absolute Gasteiger partial charge is 0.349 e. The van der Waals surface area contributed by atoms with Crippen molar-refractivity contribution in [1.29, 1.82) is 5.26 Å². The second-order valence-corrected chi connectivity index (χ2v) is 6.00. The van der Waals surface area contributed by atoms with Gasteiger partial charge in [-0.3, -0.25) is 9.36 Å². The van der Waals surface area contributed by atoms with Crippen molar-refractivity contribution in [3.05, 3.63) is 26.6 Å². The standard InChI is InChI=1S/C14H13N3O3S/c1-7(6-15)20-14(19)11-8(2)10-12(21-11)16-9-4-3-5-17(9)13(10)18/h7H,3-5H2,1-2H3/t7-/m1/s1. The molecule has 6 nitrogen and oxygen atoms in total. The maximum Gasteiger partial charge on any atom is 0.349 e. The van der Waals surface area contributed by atoms with E-state index in [1.165, 1.54) is 6.92 Å². The highest BCUT2D eigenvalue weighted by Gasteiger charge is 2.24. The highest BCUT2D eigenvalue weighted by molar-refractivity contribution is 7.20. The molecular formula is C14H13N3O3S. The maximum absolute atomic E-state index is 12.5. The summed E-state index contributed by atoms with van der Waals surface area (Å²) in [4.78, 5) is 30.0. The number of aromatic nitrogens is 2. The third-order valence-electron chi connectivity index (χ3n) is 3.56. The first-order valence-electron chi connectivity index (χ1n) is 6.66. The van der Waals surface area contributed by atoms with Crippen LogP contribution in [0.5, 0.6) is 0 Å². The molecule has 0 fully saturated rings. The molecule has 3 rings (SSSR count). The first-order chi connectivity index (χ1) is 10.0. The molecular weight excluding hydrogens is 290 g/mol. The molecule has 0 aromatic carbocycles. The van der Waals surface area contributed by atoms with Gasteiger partial charge in [-0.2, -0.15) is 5.26 Å². The van der Waals surface area contributed by atoms with Crippen molar-refractivity contribution in [3.8, 4) is 6.07 Å². The lowest BCUT2D eigenvalue weighted by molar-refractivity contribution is 0.0440. The first kappa shape index (κ1) is 13.8. The molecule has 0 bridgehead atoms. The summed E-state index contributed by atoms with van der Waals surface area (Å²) in [6.07, 6.45) is 0.890. The van der Waals surface area contributed by atoms with Gasteiger partial charge in [0, 0.05) is 13.0 Å². The number of nitriles is 1. The molecule has 7 heteroatoms. The Morgan fingerprint density at radius 1 is 1.57 bits per heavy atom. The lowest BCUT2D eigenvalue weighted by Gasteiger charge is -2.04. The van der Waals surface area contributed by atoms with Crippen LogP contribution in [-0.4, -0.2) is 21.6 Å². The molecule has 0 saturated heterocycles. The van der Waals surface area contributed by atoms with Crippen LogP contribution in [0.1, 0.15) is 34.4 Å². The van der Waals surface area contributed by atoms with E-state index in [1.807, 2.05) is 6.07 Å². The Bertz CT molecular complexity index is 844. The zero-order valence-electron chi connectivity index (χ0n) is 11.7. The summed E-state index contributed by atoms with van der Waals surface area (Å²) in [6.45, 7) is 3.90. The number of carbonyl (C=O) groups is 1. The van der Waals surface area contributed by atoms with E-state index in [1.54, 1.807) is 11.5 Å². The number of nitrogens with zero attached hydrogens (tertiary/aromatic N) is 3. The molecule has 0 spiro atoms. The molecule has 1 aliphatic heterocycles. The van der Waals surface area contributed by atoms with Gasteiger partial charge in [0.25, 0.3) is 5.56 Å². The van der Waals surface area contributed by atoms with Crippen LogP contribution in [0.3, 0.4) is 0 Å². The third kappa shape index (κ3) is 2.12. The van der Waals surface area contributed by atoms with Crippen molar-refractivity contribution in [2.24, 2.45) is 0 Å². The number of hydrogen-bond acceptors (Lipinski definition) is 6. The predicted octanol–water partition coefficient (Wildman–Crippen LogP) is 1.78. The van der Waals surface area contributed by atoms with Crippen LogP contribution in [-0.2, 0) is 17.7 Å². The van der Waals surface area contributed by atoms with Crippen LogP contribution in [0.25, 0.3) is 10.2 Å². The number of rotatable bonds is 2. The van der Waals surface area contributed by atoms with E-state index in [9.17, 15) is 9.59 Å². The minimum atomic E-state index is -0.818. The highest BCUT2D eigenvalue weighted by atomic mass is 32.1. The number of aryl methyl sites for hydroxylation is 2. The predicted molar refractivity (Wildman–Crippen MR) is 77.4 cm³/mol. The average molecular weight is 303 g/mol. The Kier molecular flexibility index (Phi) is 3.26. The largest absolute Gasteiger partial charge is 0.443 e. The zero-order valence-corrected chi connectivity index (χ0v) is 12.5. The summed E-state index contributed by atoms with van der Waals surface area (Å²) >= 11 is 1.16. The minimum Gasteiger partial charge on any atom is -0.443 e. The van der Waals surface area contributed by atoms with Gasteiger partial charge >= 0.3 is 5.97 Å². The van der Waals surface area contributed by atoms with E-state index in [2.05, 4.69) is 4.98 Å². The van der Waals surface area contributed by atoms with Crippen molar-refractivity contribution in [2.45, 2.75) is 39.3 Å². The van der Waals surface area contributed by atoms with Gasteiger partial charge in [0.2, 0.25) is 0 Å². The van der Waals surface area contributed by atoms with E-state index < -0.39 is 12.1 Å². The Morgan fingerprint density at radius 3 is 3.05 bits per heavy atom. The number of fused-ring (bicyclic) bond motifs is 2. The van der Waals surface area contributed by atoms with E-state index >= 15 is 0 Å². The monoisotopic (exact) mass is 303 g/mol. The molecule has 2 aromatic heterocycles.